The van der Waals surface area contributed by atoms with Crippen LogP contribution in [-0.2, 0) is 14.4 Å². The topological polar surface area (TPSA) is 142 Å². The average molecular weight is 634 g/mol. The Morgan fingerprint density at radius 1 is 1.00 bits per heavy atom. The van der Waals surface area contributed by atoms with Crippen LogP contribution in [0.5, 0.6) is 0 Å². The van der Waals surface area contributed by atoms with Gasteiger partial charge in [0, 0.05) is 65.9 Å². The molecule has 3 amide bonds. The third kappa shape index (κ3) is 5.79. The molecule has 1 aliphatic carbocycles. The van der Waals surface area contributed by atoms with Gasteiger partial charge in [0.1, 0.15) is 11.8 Å². The predicted octanol–water partition coefficient (Wildman–Crippen LogP) is 4.77. The van der Waals surface area contributed by atoms with Crippen LogP contribution in [0.4, 0.5) is 17.3 Å². The first-order valence-electron chi connectivity index (χ1n) is 16.4. The summed E-state index contributed by atoms with van der Waals surface area (Å²) in [5.74, 6) is 1.44. The number of nitrogens with one attached hydrogen (secondary N) is 1. The summed E-state index contributed by atoms with van der Waals surface area (Å²) in [7, 11) is 0. The highest BCUT2D eigenvalue weighted by molar-refractivity contribution is 6.04. The number of nitrogens with zero attached hydrogens (tertiary/aromatic N) is 7. The maximum absolute atomic E-state index is 13.4. The molecule has 0 spiro atoms. The number of carbonyl (C=O) groups is 3. The van der Waals surface area contributed by atoms with Crippen molar-refractivity contribution in [3.63, 3.8) is 0 Å². The molecule has 1 saturated carbocycles. The van der Waals surface area contributed by atoms with Crippen molar-refractivity contribution >= 4 is 41.1 Å². The minimum atomic E-state index is -0.233. The molecule has 1 aromatic carbocycles. The lowest BCUT2D eigenvalue weighted by Gasteiger charge is -2.36. The Kier molecular flexibility index (Phi) is 8.32. The van der Waals surface area contributed by atoms with Gasteiger partial charge < -0.3 is 16.0 Å². The number of fused-ring (bicyclic) bond motifs is 1. The van der Waals surface area contributed by atoms with Crippen molar-refractivity contribution < 1.29 is 14.4 Å². The second-order valence-electron chi connectivity index (χ2n) is 12.6. The SMILES string of the molecule is C/C(C(=O)Nc1ccc(-c2cc(C3CCN(C(=O)C4CCC4)CC3)n3ncnc(N)c23)cc1)=C1/CCCN1N(C=O)c1ccccn1. The third-order valence-corrected chi connectivity index (χ3v) is 9.86. The van der Waals surface area contributed by atoms with Crippen molar-refractivity contribution in [1.82, 2.24) is 29.5 Å². The normalized spacial score (nSPS) is 18.2. The fourth-order valence-electron chi connectivity index (χ4n) is 7.00. The van der Waals surface area contributed by atoms with Gasteiger partial charge in [-0.05, 0) is 81.3 Å². The van der Waals surface area contributed by atoms with Crippen LogP contribution in [0.1, 0.15) is 63.5 Å². The lowest BCUT2D eigenvalue weighted by molar-refractivity contribution is -0.139. The van der Waals surface area contributed by atoms with E-state index in [0.717, 1.165) is 86.1 Å². The molecule has 12 nitrogen and oxygen atoms in total. The van der Waals surface area contributed by atoms with E-state index in [0.29, 0.717) is 41.8 Å². The number of amides is 3. The number of aromatic nitrogens is 4. The Hall–Kier alpha value is -5.26. The second kappa shape index (κ2) is 12.9. The van der Waals surface area contributed by atoms with Crippen molar-refractivity contribution in [2.45, 2.75) is 57.8 Å². The maximum Gasteiger partial charge on any atom is 0.253 e. The van der Waals surface area contributed by atoms with Gasteiger partial charge in [-0.15, -0.1) is 0 Å². The van der Waals surface area contributed by atoms with Gasteiger partial charge >= 0.3 is 0 Å². The lowest BCUT2D eigenvalue weighted by atomic mass is 9.83. The van der Waals surface area contributed by atoms with E-state index in [9.17, 15) is 14.4 Å². The van der Waals surface area contributed by atoms with Crippen LogP contribution in [-0.4, -0.2) is 67.3 Å². The minimum Gasteiger partial charge on any atom is -0.382 e. The molecule has 242 valence electrons. The number of benzene rings is 1. The molecule has 3 N–H and O–H groups in total. The fraction of sp³-hybridized carbons (Fsp3) is 0.371. The molecule has 47 heavy (non-hydrogen) atoms. The molecular formula is C35H39N9O3. The zero-order valence-corrected chi connectivity index (χ0v) is 26.5. The van der Waals surface area contributed by atoms with Crippen LogP contribution in [0.25, 0.3) is 16.6 Å². The van der Waals surface area contributed by atoms with Crippen LogP contribution in [0.3, 0.4) is 0 Å². The number of nitrogen functional groups attached to an aromatic ring is 1. The number of piperidine rings is 1. The highest BCUT2D eigenvalue weighted by Gasteiger charge is 2.33. The van der Waals surface area contributed by atoms with Gasteiger partial charge in [-0.25, -0.2) is 19.5 Å². The Morgan fingerprint density at radius 2 is 1.79 bits per heavy atom. The minimum absolute atomic E-state index is 0.218. The first kappa shape index (κ1) is 30.4. The van der Waals surface area contributed by atoms with Gasteiger partial charge in [0.05, 0.1) is 0 Å². The van der Waals surface area contributed by atoms with E-state index < -0.39 is 0 Å². The molecule has 3 aromatic heterocycles. The van der Waals surface area contributed by atoms with E-state index >= 15 is 0 Å². The molecule has 0 radical (unpaired) electrons. The summed E-state index contributed by atoms with van der Waals surface area (Å²) in [5.41, 5.74) is 12.1. The van der Waals surface area contributed by atoms with Crippen molar-refractivity contribution in [1.29, 1.82) is 0 Å². The van der Waals surface area contributed by atoms with Crippen LogP contribution in [0, 0.1) is 5.92 Å². The monoisotopic (exact) mass is 633 g/mol. The van der Waals surface area contributed by atoms with Crippen molar-refractivity contribution in [3.05, 3.63) is 78.0 Å². The predicted molar refractivity (Wildman–Crippen MR) is 179 cm³/mol. The molecule has 7 rings (SSSR count). The number of nitrogens with two attached hydrogens (primary N) is 1. The summed E-state index contributed by atoms with van der Waals surface area (Å²) in [4.78, 5) is 48.8. The maximum atomic E-state index is 13.4. The van der Waals surface area contributed by atoms with Crippen molar-refractivity contribution in [3.8, 4) is 11.1 Å². The van der Waals surface area contributed by atoms with Crippen LogP contribution >= 0.6 is 0 Å². The van der Waals surface area contributed by atoms with E-state index in [2.05, 4.69) is 26.4 Å². The Morgan fingerprint density at radius 3 is 2.47 bits per heavy atom. The summed E-state index contributed by atoms with van der Waals surface area (Å²) in [6.07, 6.45) is 10.3. The molecular weight excluding hydrogens is 594 g/mol. The Bertz CT molecular complexity index is 1820. The Labute approximate surface area is 273 Å². The highest BCUT2D eigenvalue weighted by atomic mass is 16.2. The average Bonchev–Trinajstić information content (AvgIpc) is 3.71. The standard InChI is InChI=1S/C35H39N9O3/c1-23(29-8-5-17-42(29)43(22-45)31-9-2-3-16-37-31)34(46)40-27-12-10-24(11-13-27)28-20-30(44-32(28)33(36)38-21-39-44)25-14-18-41(19-15-25)35(47)26-6-4-7-26/h2-3,9-13,16,20-22,25-26H,4-8,14-15,17-19H2,1H3,(H,40,46)(H2,36,38,39)/b29-23+. The van der Waals surface area contributed by atoms with Crippen LogP contribution in [0.2, 0.25) is 0 Å². The summed E-state index contributed by atoms with van der Waals surface area (Å²) in [6.45, 7) is 3.90. The van der Waals surface area contributed by atoms with E-state index in [1.165, 1.54) is 11.3 Å². The van der Waals surface area contributed by atoms with Gasteiger partial charge in [-0.2, -0.15) is 5.10 Å². The molecule has 3 aliphatic rings. The summed E-state index contributed by atoms with van der Waals surface area (Å²) < 4.78 is 1.90. The van der Waals surface area contributed by atoms with Crippen LogP contribution in [0.15, 0.2) is 72.3 Å². The third-order valence-electron chi connectivity index (χ3n) is 9.86. The molecule has 12 heteroatoms. The number of anilines is 3. The quantitative estimate of drug-likeness (QED) is 0.209. The number of hydrogen-bond acceptors (Lipinski definition) is 8. The first-order valence-corrected chi connectivity index (χ1v) is 16.4. The number of hydrazine groups is 1. The van der Waals surface area contributed by atoms with Gasteiger partial charge in [-0.1, -0.05) is 24.6 Å². The second-order valence-corrected chi connectivity index (χ2v) is 12.6. The zero-order chi connectivity index (χ0) is 32.5. The molecule has 5 heterocycles. The van der Waals surface area contributed by atoms with Gasteiger partial charge in [-0.3, -0.25) is 19.4 Å². The van der Waals surface area contributed by atoms with E-state index in [-0.39, 0.29) is 17.7 Å². The van der Waals surface area contributed by atoms with E-state index in [1.807, 2.05) is 44.8 Å². The van der Waals surface area contributed by atoms with Gasteiger partial charge in [0.15, 0.2) is 11.6 Å². The highest BCUT2D eigenvalue weighted by Crippen LogP contribution is 2.38. The van der Waals surface area contributed by atoms with Crippen molar-refractivity contribution in [2.75, 3.05) is 35.7 Å². The fourth-order valence-corrected chi connectivity index (χ4v) is 7.00. The van der Waals surface area contributed by atoms with E-state index in [4.69, 9.17) is 5.73 Å². The first-order chi connectivity index (χ1) is 22.9. The number of rotatable bonds is 8. The molecule has 0 unspecified atom stereocenters. The van der Waals surface area contributed by atoms with Crippen LogP contribution < -0.4 is 16.1 Å². The molecule has 4 aromatic rings. The Balaban J connectivity index is 1.08. The van der Waals surface area contributed by atoms with Crippen molar-refractivity contribution in [2.24, 2.45) is 5.92 Å². The number of likely N-dealkylation sites (tertiary alicyclic amines) is 1. The summed E-state index contributed by atoms with van der Waals surface area (Å²) >= 11 is 0. The largest absolute Gasteiger partial charge is 0.382 e. The smallest absolute Gasteiger partial charge is 0.253 e. The summed E-state index contributed by atoms with van der Waals surface area (Å²) in [5, 5.41) is 10.9. The molecule has 0 atom stereocenters. The number of carbonyl (C=O) groups excluding carboxylic acids is 3. The number of hydrogen-bond donors (Lipinski definition) is 2. The molecule has 2 saturated heterocycles. The molecule has 0 bridgehead atoms. The molecule has 3 fully saturated rings. The number of allylic oxidation sites excluding steroid dienone is 1. The van der Waals surface area contributed by atoms with Gasteiger partial charge in [0.25, 0.3) is 5.91 Å². The molecule has 2 aliphatic heterocycles. The van der Waals surface area contributed by atoms with Gasteiger partial charge in [0.2, 0.25) is 12.3 Å². The van der Waals surface area contributed by atoms with E-state index in [1.54, 1.807) is 25.3 Å². The zero-order valence-electron chi connectivity index (χ0n) is 26.5. The number of pyridine rings is 1. The lowest BCUT2D eigenvalue weighted by Crippen LogP contribution is -2.43. The summed E-state index contributed by atoms with van der Waals surface area (Å²) in [6, 6.07) is 15.2.